The fourth-order valence-corrected chi connectivity index (χ4v) is 2.86. The summed E-state index contributed by atoms with van der Waals surface area (Å²) in [6.45, 7) is 1.71. The van der Waals surface area contributed by atoms with E-state index in [1.54, 1.807) is 31.3 Å². The number of alkyl halides is 3. The van der Waals surface area contributed by atoms with E-state index in [1.807, 2.05) is 0 Å². The zero-order valence-electron chi connectivity index (χ0n) is 12.9. The molecule has 0 saturated carbocycles. The van der Waals surface area contributed by atoms with Crippen molar-refractivity contribution < 1.29 is 22.7 Å². The van der Waals surface area contributed by atoms with E-state index < -0.39 is 17.7 Å². The van der Waals surface area contributed by atoms with Crippen LogP contribution in [0.25, 0.3) is 10.7 Å². The molecule has 1 aromatic carbocycles. The first-order valence-electron chi connectivity index (χ1n) is 7.13. The van der Waals surface area contributed by atoms with Gasteiger partial charge >= 0.3 is 12.1 Å². The van der Waals surface area contributed by atoms with Crippen molar-refractivity contribution in [2.45, 2.75) is 13.1 Å². The van der Waals surface area contributed by atoms with Crippen molar-refractivity contribution >= 4 is 17.3 Å². The van der Waals surface area contributed by atoms with Crippen LogP contribution in [0.3, 0.4) is 0 Å². The lowest BCUT2D eigenvalue weighted by molar-refractivity contribution is -0.137. The van der Waals surface area contributed by atoms with E-state index in [1.165, 1.54) is 17.4 Å². The first-order chi connectivity index (χ1) is 11.8. The smallest absolute Gasteiger partial charge is 0.403 e. The number of carbonyl (C=O) groups is 1. The van der Waals surface area contributed by atoms with Gasteiger partial charge in [0, 0.05) is 6.20 Å². The molecule has 8 heteroatoms. The van der Waals surface area contributed by atoms with E-state index in [4.69, 9.17) is 4.74 Å². The molecule has 128 valence electrons. The van der Waals surface area contributed by atoms with Gasteiger partial charge in [-0.15, -0.1) is 11.3 Å². The number of aryl methyl sites for hydroxylation is 1. The zero-order valence-corrected chi connectivity index (χ0v) is 13.7. The van der Waals surface area contributed by atoms with Crippen LogP contribution in [0.15, 0.2) is 48.7 Å². The van der Waals surface area contributed by atoms with Crippen LogP contribution < -0.4 is 4.74 Å². The highest BCUT2D eigenvalue weighted by Gasteiger charge is 2.31. The summed E-state index contributed by atoms with van der Waals surface area (Å²) in [4.78, 5) is 21.1. The maximum Gasteiger partial charge on any atom is 0.416 e. The number of benzene rings is 1. The van der Waals surface area contributed by atoms with Gasteiger partial charge in [0.15, 0.2) is 0 Å². The molecule has 0 aliphatic carbocycles. The number of thiazole rings is 1. The highest BCUT2D eigenvalue weighted by atomic mass is 32.1. The minimum Gasteiger partial charge on any atom is -0.403 e. The van der Waals surface area contributed by atoms with Crippen LogP contribution in [-0.2, 0) is 6.18 Å². The summed E-state index contributed by atoms with van der Waals surface area (Å²) in [6.07, 6.45) is -2.92. The van der Waals surface area contributed by atoms with Crippen LogP contribution in [0.4, 0.5) is 13.2 Å². The third-order valence-corrected chi connectivity index (χ3v) is 4.23. The van der Waals surface area contributed by atoms with Gasteiger partial charge in [-0.05, 0) is 37.3 Å². The Hall–Kier alpha value is -2.74. The Bertz CT molecular complexity index is 908. The number of carbonyl (C=O) groups excluding carboxylic acids is 1. The largest absolute Gasteiger partial charge is 0.416 e. The highest BCUT2D eigenvalue weighted by molar-refractivity contribution is 7.15. The summed E-state index contributed by atoms with van der Waals surface area (Å²) in [7, 11) is 0. The van der Waals surface area contributed by atoms with Crippen molar-refractivity contribution in [3.05, 3.63) is 64.7 Å². The second-order valence-electron chi connectivity index (χ2n) is 5.06. The standard InChI is InChI=1S/C17H11F3N2O2S/c1-10-14(22-15(25-10)13-7-2-3-8-21-13)24-16(23)11-5-4-6-12(9-11)17(18,19)20/h2-9H,1H3. The summed E-state index contributed by atoms with van der Waals surface area (Å²) in [5, 5.41) is 0.560. The summed E-state index contributed by atoms with van der Waals surface area (Å²) in [6, 6.07) is 9.39. The number of nitrogens with zero attached hydrogens (tertiary/aromatic N) is 2. The van der Waals surface area contributed by atoms with Crippen molar-refractivity contribution in [3.63, 3.8) is 0 Å². The van der Waals surface area contributed by atoms with Crippen LogP contribution in [0, 0.1) is 6.92 Å². The van der Waals surface area contributed by atoms with Gasteiger partial charge in [0.05, 0.1) is 21.7 Å². The molecule has 25 heavy (non-hydrogen) atoms. The maximum atomic E-state index is 12.7. The van der Waals surface area contributed by atoms with Crippen LogP contribution in [0.5, 0.6) is 5.88 Å². The van der Waals surface area contributed by atoms with Gasteiger partial charge in [-0.1, -0.05) is 12.1 Å². The Morgan fingerprint density at radius 1 is 1.16 bits per heavy atom. The predicted molar refractivity (Wildman–Crippen MR) is 86.5 cm³/mol. The molecule has 0 atom stereocenters. The van der Waals surface area contributed by atoms with Crippen LogP contribution in [0.1, 0.15) is 20.8 Å². The molecule has 0 fully saturated rings. The van der Waals surface area contributed by atoms with Gasteiger partial charge in [-0.25, -0.2) is 4.79 Å². The molecule has 3 aromatic rings. The molecule has 0 radical (unpaired) electrons. The predicted octanol–water partition coefficient (Wildman–Crippen LogP) is 4.75. The molecule has 0 unspecified atom stereocenters. The number of ether oxygens (including phenoxy) is 1. The van der Waals surface area contributed by atoms with E-state index in [0.717, 1.165) is 18.2 Å². The minimum atomic E-state index is -4.53. The molecule has 0 aliphatic heterocycles. The zero-order chi connectivity index (χ0) is 18.0. The van der Waals surface area contributed by atoms with Gasteiger partial charge < -0.3 is 4.74 Å². The Morgan fingerprint density at radius 3 is 2.64 bits per heavy atom. The van der Waals surface area contributed by atoms with E-state index in [-0.39, 0.29) is 11.4 Å². The number of esters is 1. The monoisotopic (exact) mass is 364 g/mol. The lowest BCUT2D eigenvalue weighted by atomic mass is 10.1. The molecule has 0 bridgehead atoms. The van der Waals surface area contributed by atoms with Gasteiger partial charge in [0.25, 0.3) is 0 Å². The topological polar surface area (TPSA) is 52.1 Å². The highest BCUT2D eigenvalue weighted by Crippen LogP contribution is 2.32. The number of halogens is 3. The molecule has 0 saturated heterocycles. The van der Waals surface area contributed by atoms with Crippen molar-refractivity contribution in [2.75, 3.05) is 0 Å². The fraction of sp³-hybridized carbons (Fsp3) is 0.118. The first-order valence-corrected chi connectivity index (χ1v) is 7.94. The Labute approximate surface area is 144 Å². The summed E-state index contributed by atoms with van der Waals surface area (Å²) in [5.74, 6) is -0.833. The normalized spacial score (nSPS) is 11.4. The molecular weight excluding hydrogens is 353 g/mol. The van der Waals surface area contributed by atoms with Gasteiger partial charge in [0.1, 0.15) is 5.01 Å². The first kappa shape index (κ1) is 17.1. The molecule has 3 rings (SSSR count). The van der Waals surface area contributed by atoms with Crippen molar-refractivity contribution in [1.29, 1.82) is 0 Å². The van der Waals surface area contributed by atoms with Gasteiger partial charge in [0.2, 0.25) is 5.88 Å². The lowest BCUT2D eigenvalue weighted by Crippen LogP contribution is -2.12. The summed E-state index contributed by atoms with van der Waals surface area (Å²) < 4.78 is 43.4. The number of aromatic nitrogens is 2. The number of hydrogen-bond donors (Lipinski definition) is 0. The van der Waals surface area contributed by atoms with E-state index in [0.29, 0.717) is 15.6 Å². The van der Waals surface area contributed by atoms with Crippen LogP contribution >= 0.6 is 11.3 Å². The Morgan fingerprint density at radius 2 is 1.96 bits per heavy atom. The van der Waals surface area contributed by atoms with E-state index in [2.05, 4.69) is 9.97 Å². The second kappa shape index (κ2) is 6.64. The third-order valence-electron chi connectivity index (χ3n) is 3.25. The van der Waals surface area contributed by atoms with Crippen LogP contribution in [0.2, 0.25) is 0 Å². The molecule has 0 spiro atoms. The number of hydrogen-bond acceptors (Lipinski definition) is 5. The molecule has 0 N–H and O–H groups in total. The van der Waals surface area contributed by atoms with Gasteiger partial charge in [-0.3, -0.25) is 4.98 Å². The number of pyridine rings is 1. The third kappa shape index (κ3) is 3.85. The molecule has 0 aliphatic rings. The average Bonchev–Trinajstić information content (AvgIpc) is 2.96. The Balaban J connectivity index is 1.84. The molecule has 2 aromatic heterocycles. The molecular formula is C17H11F3N2O2S. The molecule has 2 heterocycles. The van der Waals surface area contributed by atoms with Crippen molar-refractivity contribution in [1.82, 2.24) is 9.97 Å². The summed E-state index contributed by atoms with van der Waals surface area (Å²) >= 11 is 1.28. The lowest BCUT2D eigenvalue weighted by Gasteiger charge is -2.08. The van der Waals surface area contributed by atoms with E-state index in [9.17, 15) is 18.0 Å². The quantitative estimate of drug-likeness (QED) is 0.629. The second-order valence-corrected chi connectivity index (χ2v) is 6.27. The summed E-state index contributed by atoms with van der Waals surface area (Å²) in [5.41, 5.74) is -0.482. The van der Waals surface area contributed by atoms with Gasteiger partial charge in [-0.2, -0.15) is 18.2 Å². The van der Waals surface area contributed by atoms with E-state index >= 15 is 0 Å². The Kier molecular flexibility index (Phi) is 4.54. The van der Waals surface area contributed by atoms with Crippen molar-refractivity contribution in [3.8, 4) is 16.6 Å². The fourth-order valence-electron chi connectivity index (χ4n) is 2.05. The minimum absolute atomic E-state index is 0.0630. The van der Waals surface area contributed by atoms with Crippen molar-refractivity contribution in [2.24, 2.45) is 0 Å². The van der Waals surface area contributed by atoms with Crippen LogP contribution in [-0.4, -0.2) is 15.9 Å². The molecule has 0 amide bonds. The number of rotatable bonds is 3. The maximum absolute atomic E-state index is 12.7. The SMILES string of the molecule is Cc1sc(-c2ccccn2)nc1OC(=O)c1cccc(C(F)(F)F)c1. The average molecular weight is 364 g/mol. The molecule has 4 nitrogen and oxygen atoms in total.